The van der Waals surface area contributed by atoms with Crippen LogP contribution in [0.25, 0.3) is 10.8 Å². The SMILES string of the molecule is CCCCCCCOc1ccc(N=Nc2ccc(N=Nc3ccc(C4CCC(CCC)CC4)cc3)c3ccccc23)cc1. The second-order valence-electron chi connectivity index (χ2n) is 11.9. The topological polar surface area (TPSA) is 58.7 Å². The van der Waals surface area contributed by atoms with Crippen molar-refractivity contribution in [1.82, 2.24) is 0 Å². The summed E-state index contributed by atoms with van der Waals surface area (Å²) in [6.45, 7) is 5.29. The fraction of sp³-hybridized carbons (Fsp3) is 0.421. The van der Waals surface area contributed by atoms with Crippen LogP contribution in [0.3, 0.4) is 0 Å². The lowest BCUT2D eigenvalue weighted by Crippen LogP contribution is -2.13. The fourth-order valence-electron chi connectivity index (χ4n) is 6.18. The standard InChI is InChI=1S/C38H46N4O/c1-3-5-6-7-10-28-43-34-24-22-33(23-25-34)40-42-38-27-26-37(35-12-8-9-13-36(35)38)41-39-32-20-18-31(19-21-32)30-16-14-29(11-4-2)15-17-30/h8-9,12-13,18-27,29-30H,3-7,10-11,14-17,28H2,1-2H3. The van der Waals surface area contributed by atoms with Gasteiger partial charge < -0.3 is 4.74 Å². The van der Waals surface area contributed by atoms with Gasteiger partial charge in [-0.3, -0.25) is 0 Å². The third-order valence-electron chi connectivity index (χ3n) is 8.69. The minimum absolute atomic E-state index is 0.682. The van der Waals surface area contributed by atoms with Gasteiger partial charge >= 0.3 is 0 Å². The van der Waals surface area contributed by atoms with Crippen LogP contribution < -0.4 is 4.74 Å². The summed E-state index contributed by atoms with van der Waals surface area (Å²) in [5.41, 5.74) is 4.74. The Hall–Kier alpha value is -3.86. The number of azo groups is 2. The van der Waals surface area contributed by atoms with Gasteiger partial charge in [-0.15, -0.1) is 10.2 Å². The summed E-state index contributed by atoms with van der Waals surface area (Å²) in [5.74, 6) is 2.48. The molecule has 0 aliphatic heterocycles. The molecule has 4 aromatic rings. The second-order valence-corrected chi connectivity index (χ2v) is 11.9. The quantitative estimate of drug-likeness (QED) is 0.109. The molecule has 5 heteroatoms. The van der Waals surface area contributed by atoms with Crippen molar-refractivity contribution in [1.29, 1.82) is 0 Å². The normalized spacial score (nSPS) is 17.3. The van der Waals surface area contributed by atoms with Gasteiger partial charge in [-0.1, -0.05) is 88.8 Å². The Morgan fingerprint density at radius 1 is 0.581 bits per heavy atom. The number of nitrogens with zero attached hydrogens (tertiary/aromatic N) is 4. The van der Waals surface area contributed by atoms with Crippen molar-refractivity contribution in [3.8, 4) is 5.75 Å². The van der Waals surface area contributed by atoms with Crippen LogP contribution in [0, 0.1) is 5.92 Å². The maximum absolute atomic E-state index is 5.88. The zero-order chi connectivity index (χ0) is 29.7. The highest BCUT2D eigenvalue weighted by Crippen LogP contribution is 2.39. The third kappa shape index (κ3) is 8.82. The number of ether oxygens (including phenoxy) is 1. The Kier molecular flexibility index (Phi) is 11.5. The molecule has 224 valence electrons. The van der Waals surface area contributed by atoms with Crippen LogP contribution in [-0.4, -0.2) is 6.61 Å². The van der Waals surface area contributed by atoms with Crippen molar-refractivity contribution < 1.29 is 4.74 Å². The predicted octanol–water partition coefficient (Wildman–Crippen LogP) is 13.1. The average Bonchev–Trinajstić information content (AvgIpc) is 3.06. The first-order valence-corrected chi connectivity index (χ1v) is 16.4. The van der Waals surface area contributed by atoms with E-state index in [9.17, 15) is 0 Å². The molecule has 0 amide bonds. The molecule has 0 bridgehead atoms. The number of hydrogen-bond donors (Lipinski definition) is 0. The molecule has 0 unspecified atom stereocenters. The first kappa shape index (κ1) is 30.6. The van der Waals surface area contributed by atoms with E-state index in [1.165, 1.54) is 69.8 Å². The summed E-state index contributed by atoms with van der Waals surface area (Å²) < 4.78 is 5.88. The minimum atomic E-state index is 0.682. The second kappa shape index (κ2) is 16.1. The van der Waals surface area contributed by atoms with E-state index >= 15 is 0 Å². The number of hydrogen-bond acceptors (Lipinski definition) is 5. The summed E-state index contributed by atoms with van der Waals surface area (Å²) in [6, 6.07) is 28.6. The first-order valence-electron chi connectivity index (χ1n) is 16.4. The summed E-state index contributed by atoms with van der Waals surface area (Å²) in [5, 5.41) is 20.3. The first-order chi connectivity index (χ1) is 21.2. The summed E-state index contributed by atoms with van der Waals surface area (Å²) in [6.07, 6.45) is 14.2. The van der Waals surface area contributed by atoms with Crippen molar-refractivity contribution >= 4 is 33.5 Å². The number of benzene rings is 4. The van der Waals surface area contributed by atoms with Crippen molar-refractivity contribution in [3.05, 3.63) is 90.5 Å². The van der Waals surface area contributed by atoms with E-state index in [2.05, 4.69) is 70.7 Å². The van der Waals surface area contributed by atoms with Crippen LogP contribution >= 0.6 is 0 Å². The molecule has 0 heterocycles. The van der Waals surface area contributed by atoms with Crippen molar-refractivity contribution in [2.75, 3.05) is 6.61 Å². The van der Waals surface area contributed by atoms with Crippen LogP contribution in [0.15, 0.2) is 105 Å². The lowest BCUT2D eigenvalue weighted by atomic mass is 9.77. The molecule has 0 spiro atoms. The molecule has 1 saturated carbocycles. The van der Waals surface area contributed by atoms with Crippen LogP contribution in [0.2, 0.25) is 0 Å². The molecule has 1 aliphatic rings. The maximum atomic E-state index is 5.88. The summed E-state index contributed by atoms with van der Waals surface area (Å²) >= 11 is 0. The largest absolute Gasteiger partial charge is 0.494 e. The fourth-order valence-corrected chi connectivity index (χ4v) is 6.18. The third-order valence-corrected chi connectivity index (χ3v) is 8.69. The maximum Gasteiger partial charge on any atom is 0.119 e. The molecular weight excluding hydrogens is 528 g/mol. The molecule has 5 nitrogen and oxygen atoms in total. The smallest absolute Gasteiger partial charge is 0.119 e. The van der Waals surface area contributed by atoms with E-state index in [-0.39, 0.29) is 0 Å². The molecule has 4 aromatic carbocycles. The van der Waals surface area contributed by atoms with Gasteiger partial charge in [0.1, 0.15) is 5.75 Å². The summed E-state index contributed by atoms with van der Waals surface area (Å²) in [4.78, 5) is 0. The van der Waals surface area contributed by atoms with Crippen molar-refractivity contribution in [2.24, 2.45) is 26.4 Å². The molecule has 0 saturated heterocycles. The van der Waals surface area contributed by atoms with E-state index in [4.69, 9.17) is 4.74 Å². The van der Waals surface area contributed by atoms with Crippen molar-refractivity contribution in [2.45, 2.75) is 90.4 Å². The highest BCUT2D eigenvalue weighted by Gasteiger charge is 2.21. The monoisotopic (exact) mass is 574 g/mol. The van der Waals surface area contributed by atoms with Gasteiger partial charge in [-0.25, -0.2) is 0 Å². The Bertz CT molecular complexity index is 1470. The van der Waals surface area contributed by atoms with E-state index < -0.39 is 0 Å². The molecule has 0 aromatic heterocycles. The van der Waals surface area contributed by atoms with Gasteiger partial charge in [0.15, 0.2) is 0 Å². The zero-order valence-corrected chi connectivity index (χ0v) is 25.9. The molecule has 1 fully saturated rings. The molecule has 1 aliphatic carbocycles. The van der Waals surface area contributed by atoms with Crippen LogP contribution in [0.4, 0.5) is 22.7 Å². The number of unbranched alkanes of at least 4 members (excludes halogenated alkanes) is 4. The Labute approximate surface area is 257 Å². The van der Waals surface area contributed by atoms with Crippen LogP contribution in [-0.2, 0) is 0 Å². The van der Waals surface area contributed by atoms with Crippen LogP contribution in [0.1, 0.15) is 96.0 Å². The highest BCUT2D eigenvalue weighted by atomic mass is 16.5. The molecule has 0 radical (unpaired) electrons. The van der Waals surface area contributed by atoms with E-state index in [1.807, 2.05) is 48.5 Å². The highest BCUT2D eigenvalue weighted by molar-refractivity contribution is 5.99. The lowest BCUT2D eigenvalue weighted by molar-refractivity contribution is 0.304. The zero-order valence-electron chi connectivity index (χ0n) is 25.9. The summed E-state index contributed by atoms with van der Waals surface area (Å²) in [7, 11) is 0. The van der Waals surface area contributed by atoms with Gasteiger partial charge in [0, 0.05) is 10.8 Å². The van der Waals surface area contributed by atoms with E-state index in [1.54, 1.807) is 0 Å². The van der Waals surface area contributed by atoms with Gasteiger partial charge in [0.25, 0.3) is 0 Å². The molecular formula is C38H46N4O. The Balaban J connectivity index is 1.20. The molecule has 0 atom stereocenters. The lowest BCUT2D eigenvalue weighted by Gasteiger charge is -2.28. The number of rotatable bonds is 14. The van der Waals surface area contributed by atoms with Gasteiger partial charge in [-0.05, 0) is 98.0 Å². The molecule has 0 N–H and O–H groups in total. The Morgan fingerprint density at radius 3 is 1.74 bits per heavy atom. The average molecular weight is 575 g/mol. The minimum Gasteiger partial charge on any atom is -0.494 e. The predicted molar refractivity (Wildman–Crippen MR) is 179 cm³/mol. The van der Waals surface area contributed by atoms with Gasteiger partial charge in [-0.2, -0.15) is 10.2 Å². The molecule has 43 heavy (non-hydrogen) atoms. The number of fused-ring (bicyclic) bond motifs is 1. The van der Waals surface area contributed by atoms with Crippen LogP contribution in [0.5, 0.6) is 5.75 Å². The Morgan fingerprint density at radius 2 is 1.16 bits per heavy atom. The molecule has 5 rings (SSSR count). The van der Waals surface area contributed by atoms with E-state index in [0.717, 1.165) is 58.2 Å². The van der Waals surface area contributed by atoms with E-state index in [0.29, 0.717) is 5.92 Å². The van der Waals surface area contributed by atoms with Gasteiger partial charge in [0.05, 0.1) is 29.4 Å². The van der Waals surface area contributed by atoms with Crippen molar-refractivity contribution in [3.63, 3.8) is 0 Å². The van der Waals surface area contributed by atoms with Gasteiger partial charge in [0.2, 0.25) is 0 Å².